The molecule has 1 aromatic carbocycles. The third-order valence-electron chi connectivity index (χ3n) is 4.06. The van der Waals surface area contributed by atoms with Crippen molar-refractivity contribution >= 4 is 29.9 Å². The monoisotopic (exact) mass is 486 g/mol. The number of fused-ring (bicyclic) bond motifs is 1. The largest absolute Gasteiger partial charge is 0.467 e. The van der Waals surface area contributed by atoms with Crippen LogP contribution in [0.5, 0.6) is 5.75 Å². The van der Waals surface area contributed by atoms with Gasteiger partial charge in [0.05, 0.1) is 6.61 Å². The fourth-order valence-electron chi connectivity index (χ4n) is 2.83. The van der Waals surface area contributed by atoms with Crippen molar-refractivity contribution in [2.45, 2.75) is 19.4 Å². The maximum atomic E-state index is 13.8. The van der Waals surface area contributed by atoms with E-state index in [1.807, 2.05) is 18.2 Å². The van der Waals surface area contributed by atoms with Crippen LogP contribution in [0.25, 0.3) is 0 Å². The predicted octanol–water partition coefficient (Wildman–Crippen LogP) is 2.66. The van der Waals surface area contributed by atoms with Gasteiger partial charge in [-0.1, -0.05) is 6.07 Å². The molecule has 27 heavy (non-hydrogen) atoms. The summed E-state index contributed by atoms with van der Waals surface area (Å²) < 4.78 is 24.5. The first kappa shape index (κ1) is 21.4. The van der Waals surface area contributed by atoms with Crippen molar-refractivity contribution in [3.63, 3.8) is 0 Å². The first-order valence-electron chi connectivity index (χ1n) is 8.62. The van der Waals surface area contributed by atoms with E-state index in [1.54, 1.807) is 13.2 Å². The van der Waals surface area contributed by atoms with Crippen LogP contribution < -0.4 is 15.4 Å². The number of hydrogen-bond donors (Lipinski definition) is 2. The first-order valence-corrected chi connectivity index (χ1v) is 8.62. The van der Waals surface area contributed by atoms with Crippen molar-refractivity contribution in [2.24, 2.45) is 4.99 Å². The van der Waals surface area contributed by atoms with Crippen LogP contribution in [0.1, 0.15) is 16.8 Å². The van der Waals surface area contributed by atoms with Crippen LogP contribution >= 0.6 is 24.0 Å². The van der Waals surface area contributed by atoms with Gasteiger partial charge in [-0.25, -0.2) is 4.39 Å². The number of aliphatic imine (C=N–C) groups is 1. The molecule has 2 aromatic rings. The predicted molar refractivity (Wildman–Crippen MR) is 113 cm³/mol. The Morgan fingerprint density at radius 3 is 2.78 bits per heavy atom. The third-order valence-corrected chi connectivity index (χ3v) is 4.06. The number of rotatable bonds is 6. The normalized spacial score (nSPS) is 13.2. The third kappa shape index (κ3) is 6.31. The lowest BCUT2D eigenvalue weighted by atomic mass is 10.1. The topological polar surface area (TPSA) is 67.8 Å². The van der Waals surface area contributed by atoms with Crippen molar-refractivity contribution in [3.05, 3.63) is 59.2 Å². The van der Waals surface area contributed by atoms with E-state index in [-0.39, 0.29) is 36.6 Å². The summed E-state index contributed by atoms with van der Waals surface area (Å²) in [5.74, 6) is 1.17. The molecule has 0 spiro atoms. The summed E-state index contributed by atoms with van der Waals surface area (Å²) in [6.07, 6.45) is 3.23. The van der Waals surface area contributed by atoms with Gasteiger partial charge >= 0.3 is 0 Å². The second kappa shape index (κ2) is 11.0. The van der Waals surface area contributed by atoms with Crippen molar-refractivity contribution in [1.29, 1.82) is 0 Å². The lowest BCUT2D eigenvalue weighted by Crippen LogP contribution is -2.39. The molecule has 0 saturated heterocycles. The van der Waals surface area contributed by atoms with Gasteiger partial charge in [-0.2, -0.15) is 0 Å². The highest BCUT2D eigenvalue weighted by Crippen LogP contribution is 2.29. The van der Waals surface area contributed by atoms with E-state index >= 15 is 0 Å². The fraction of sp³-hybridized carbons (Fsp3) is 0.368. The molecule has 0 bridgehead atoms. The molecular formula is C19H24FIN4O2. The summed E-state index contributed by atoms with van der Waals surface area (Å²) in [4.78, 5) is 8.50. The highest BCUT2D eigenvalue weighted by Gasteiger charge is 2.16. The fourth-order valence-corrected chi connectivity index (χ4v) is 2.83. The molecule has 0 radical (unpaired) electrons. The number of ether oxygens (including phenoxy) is 2. The molecule has 0 aliphatic carbocycles. The molecule has 6 nitrogen and oxygen atoms in total. The Morgan fingerprint density at radius 1 is 1.22 bits per heavy atom. The van der Waals surface area contributed by atoms with Gasteiger partial charge in [-0.15, -0.1) is 24.0 Å². The highest BCUT2D eigenvalue weighted by atomic mass is 127. The molecule has 1 aliphatic heterocycles. The van der Waals surface area contributed by atoms with Crippen molar-refractivity contribution in [1.82, 2.24) is 15.6 Å². The molecule has 2 N–H and O–H groups in total. The Bertz CT molecular complexity index is 759. The van der Waals surface area contributed by atoms with Crippen molar-refractivity contribution in [3.8, 4) is 5.75 Å². The Kier molecular flexibility index (Phi) is 8.73. The number of pyridine rings is 1. The molecule has 8 heteroatoms. The Balaban J connectivity index is 0.00000261. The van der Waals surface area contributed by atoms with Gasteiger partial charge in [0.25, 0.3) is 0 Å². The van der Waals surface area contributed by atoms with E-state index in [4.69, 9.17) is 9.47 Å². The maximum Gasteiger partial charge on any atom is 0.190 e. The summed E-state index contributed by atoms with van der Waals surface area (Å²) in [6.45, 7) is 1.93. The zero-order valence-corrected chi connectivity index (χ0v) is 17.5. The molecule has 0 atom stereocenters. The maximum absolute atomic E-state index is 13.8. The highest BCUT2D eigenvalue weighted by molar-refractivity contribution is 14.0. The van der Waals surface area contributed by atoms with E-state index < -0.39 is 0 Å². The zero-order valence-electron chi connectivity index (χ0n) is 15.2. The minimum Gasteiger partial charge on any atom is -0.467 e. The van der Waals surface area contributed by atoms with Crippen LogP contribution in [0.15, 0.2) is 41.5 Å². The van der Waals surface area contributed by atoms with E-state index in [0.29, 0.717) is 25.5 Å². The number of hydrogen-bond acceptors (Lipinski definition) is 4. The number of nitrogens with one attached hydrogen (secondary N) is 2. The van der Waals surface area contributed by atoms with E-state index in [0.717, 1.165) is 35.5 Å². The molecular weight excluding hydrogens is 462 g/mol. The number of aromatic nitrogens is 1. The molecule has 0 unspecified atom stereocenters. The number of guanidine groups is 1. The lowest BCUT2D eigenvalue weighted by molar-refractivity contribution is -0.0172. The van der Waals surface area contributed by atoms with Gasteiger partial charge in [0.2, 0.25) is 0 Å². The second-order valence-corrected chi connectivity index (χ2v) is 5.91. The van der Waals surface area contributed by atoms with Gasteiger partial charge < -0.3 is 20.1 Å². The quantitative estimate of drug-likeness (QED) is 0.374. The Labute approximate surface area is 175 Å². The molecule has 146 valence electrons. The molecule has 1 aromatic heterocycles. The van der Waals surface area contributed by atoms with Gasteiger partial charge in [0, 0.05) is 44.0 Å². The summed E-state index contributed by atoms with van der Waals surface area (Å²) in [7, 11) is 1.72. The summed E-state index contributed by atoms with van der Waals surface area (Å²) in [5.41, 5.74) is 2.62. The standard InChI is InChI=1S/C19H23FN4O2.HI/c1-21-19(24-9-6-17-4-2-3-7-22-17)23-8-5-14-10-16(20)11-15-12-25-13-26-18(14)15;/h2-4,7,10-11H,5-6,8-9,12-13H2,1H3,(H2,21,23,24);1H. The van der Waals surface area contributed by atoms with Gasteiger partial charge in [-0.3, -0.25) is 9.98 Å². The number of nitrogens with zero attached hydrogens (tertiary/aromatic N) is 2. The van der Waals surface area contributed by atoms with Crippen LogP contribution in [0.3, 0.4) is 0 Å². The van der Waals surface area contributed by atoms with Crippen LogP contribution in [0.4, 0.5) is 4.39 Å². The number of benzene rings is 1. The van der Waals surface area contributed by atoms with E-state index in [1.165, 1.54) is 12.1 Å². The summed E-state index contributed by atoms with van der Waals surface area (Å²) in [6, 6.07) is 8.85. The van der Waals surface area contributed by atoms with E-state index in [9.17, 15) is 4.39 Å². The van der Waals surface area contributed by atoms with Crippen LogP contribution in [-0.2, 0) is 24.2 Å². The van der Waals surface area contributed by atoms with Gasteiger partial charge in [0.1, 0.15) is 11.6 Å². The van der Waals surface area contributed by atoms with Gasteiger partial charge in [-0.05, 0) is 36.2 Å². The smallest absolute Gasteiger partial charge is 0.190 e. The minimum absolute atomic E-state index is 0. The van der Waals surface area contributed by atoms with Crippen molar-refractivity contribution in [2.75, 3.05) is 26.9 Å². The molecule has 0 amide bonds. The van der Waals surface area contributed by atoms with Crippen molar-refractivity contribution < 1.29 is 13.9 Å². The first-order chi connectivity index (χ1) is 12.8. The number of halogens is 2. The van der Waals surface area contributed by atoms with Crippen LogP contribution in [0, 0.1) is 5.82 Å². The van der Waals surface area contributed by atoms with E-state index in [2.05, 4.69) is 20.6 Å². The zero-order chi connectivity index (χ0) is 18.2. The summed E-state index contributed by atoms with van der Waals surface area (Å²) >= 11 is 0. The van der Waals surface area contributed by atoms with Gasteiger partial charge in [0.15, 0.2) is 12.8 Å². The lowest BCUT2D eigenvalue weighted by Gasteiger charge is -2.21. The van der Waals surface area contributed by atoms with Crippen LogP contribution in [-0.4, -0.2) is 37.9 Å². The Morgan fingerprint density at radius 2 is 2.04 bits per heavy atom. The molecule has 0 saturated carbocycles. The SMILES string of the molecule is CN=C(NCCc1ccccn1)NCCc1cc(F)cc2c1OCOC2.I. The molecule has 0 fully saturated rings. The molecule has 1 aliphatic rings. The minimum atomic E-state index is -0.272. The molecule has 2 heterocycles. The average Bonchev–Trinajstić information content (AvgIpc) is 2.67. The van der Waals surface area contributed by atoms with Crippen LogP contribution in [0.2, 0.25) is 0 Å². The summed E-state index contributed by atoms with van der Waals surface area (Å²) in [5, 5.41) is 6.49. The molecule has 3 rings (SSSR count). The average molecular weight is 486 g/mol. The second-order valence-electron chi connectivity index (χ2n) is 5.91. The Hall–Kier alpha value is -1.94.